The highest BCUT2D eigenvalue weighted by Gasteiger charge is 2.02. The van der Waals surface area contributed by atoms with Crippen LogP contribution >= 0.6 is 23.2 Å². The van der Waals surface area contributed by atoms with Gasteiger partial charge in [0.25, 0.3) is 0 Å². The van der Waals surface area contributed by atoms with Gasteiger partial charge in [0.05, 0.1) is 17.3 Å². The van der Waals surface area contributed by atoms with E-state index in [4.69, 9.17) is 23.2 Å². The van der Waals surface area contributed by atoms with Gasteiger partial charge in [-0.05, 0) is 32.0 Å². The molecule has 0 aliphatic rings. The minimum absolute atomic E-state index is 0.298. The van der Waals surface area contributed by atoms with Gasteiger partial charge in [-0.15, -0.1) is 0 Å². The van der Waals surface area contributed by atoms with Crippen LogP contribution in [0.2, 0.25) is 10.0 Å². The molecule has 1 rings (SSSR count). The molecule has 0 atom stereocenters. The Balaban J connectivity index is 2.62. The number of benzene rings is 1. The molecular weight excluding hydrogens is 277 g/mol. The molecule has 7 heteroatoms. The number of carbonyl (C=O) groups is 1. The van der Waals surface area contributed by atoms with E-state index in [-0.39, 0.29) is 0 Å². The fourth-order valence-electron chi connectivity index (χ4n) is 1.09. The van der Waals surface area contributed by atoms with Crippen LogP contribution in [0.4, 0.5) is 10.5 Å². The van der Waals surface area contributed by atoms with Crippen LogP contribution in [0.15, 0.2) is 23.2 Å². The molecule has 0 spiro atoms. The molecule has 0 radical (unpaired) electrons. The van der Waals surface area contributed by atoms with Crippen LogP contribution in [0, 0.1) is 0 Å². The lowest BCUT2D eigenvalue weighted by molar-refractivity contribution is 0.150. The summed E-state index contributed by atoms with van der Waals surface area (Å²) >= 11 is 11.7. The summed E-state index contributed by atoms with van der Waals surface area (Å²) in [4.78, 5) is 15.2. The van der Waals surface area contributed by atoms with E-state index in [0.29, 0.717) is 28.2 Å². The molecule has 0 aromatic heterocycles. The molecule has 1 amide bonds. The number of amidine groups is 1. The number of hydrazine groups is 1. The van der Waals surface area contributed by atoms with E-state index in [1.165, 1.54) is 0 Å². The second kappa shape index (κ2) is 7.08. The first-order valence-electron chi connectivity index (χ1n) is 5.22. The molecule has 0 saturated carbocycles. The van der Waals surface area contributed by atoms with E-state index in [1.54, 1.807) is 32.0 Å². The van der Waals surface area contributed by atoms with Gasteiger partial charge < -0.3 is 4.74 Å². The Morgan fingerprint density at radius 3 is 2.72 bits per heavy atom. The molecule has 0 aliphatic carbocycles. The van der Waals surface area contributed by atoms with E-state index < -0.39 is 6.09 Å². The number of hydrogen-bond donors (Lipinski definition) is 2. The maximum atomic E-state index is 11.0. The highest BCUT2D eigenvalue weighted by Crippen LogP contribution is 2.27. The van der Waals surface area contributed by atoms with E-state index in [9.17, 15) is 4.79 Å². The Hall–Kier alpha value is -1.46. The Bertz CT molecular complexity index is 464. The van der Waals surface area contributed by atoms with Crippen molar-refractivity contribution in [2.75, 3.05) is 6.61 Å². The van der Waals surface area contributed by atoms with Crippen LogP contribution in [0.5, 0.6) is 0 Å². The monoisotopic (exact) mass is 289 g/mol. The number of hydrogen-bond acceptors (Lipinski definition) is 3. The molecule has 0 unspecified atom stereocenters. The fraction of sp³-hybridized carbons (Fsp3) is 0.273. The minimum Gasteiger partial charge on any atom is -0.449 e. The molecular formula is C11H13Cl2N3O2. The van der Waals surface area contributed by atoms with Crippen LogP contribution in [-0.2, 0) is 4.74 Å². The lowest BCUT2D eigenvalue weighted by atomic mass is 10.3. The average molecular weight is 290 g/mol. The van der Waals surface area contributed by atoms with Gasteiger partial charge in [-0.2, -0.15) is 0 Å². The predicted molar refractivity (Wildman–Crippen MR) is 72.5 cm³/mol. The summed E-state index contributed by atoms with van der Waals surface area (Å²) in [7, 11) is 0. The maximum Gasteiger partial charge on any atom is 0.425 e. The summed E-state index contributed by atoms with van der Waals surface area (Å²) in [5, 5.41) is 0.967. The van der Waals surface area contributed by atoms with Crippen molar-refractivity contribution in [3.63, 3.8) is 0 Å². The first-order valence-corrected chi connectivity index (χ1v) is 5.97. The highest BCUT2D eigenvalue weighted by atomic mass is 35.5. The third kappa shape index (κ3) is 4.81. The minimum atomic E-state index is -0.575. The molecule has 1 aromatic rings. The van der Waals surface area contributed by atoms with Gasteiger partial charge in [-0.3, -0.25) is 5.43 Å². The number of carbonyl (C=O) groups excluding carboxylic acids is 1. The van der Waals surface area contributed by atoms with Crippen molar-refractivity contribution < 1.29 is 9.53 Å². The van der Waals surface area contributed by atoms with Gasteiger partial charge >= 0.3 is 6.09 Å². The van der Waals surface area contributed by atoms with Crippen LogP contribution < -0.4 is 10.9 Å². The van der Waals surface area contributed by atoms with Crippen LogP contribution in [0.1, 0.15) is 13.8 Å². The smallest absolute Gasteiger partial charge is 0.425 e. The van der Waals surface area contributed by atoms with Crippen LogP contribution in [0.3, 0.4) is 0 Å². The molecule has 0 bridgehead atoms. The molecule has 0 aliphatic heterocycles. The third-order valence-electron chi connectivity index (χ3n) is 1.82. The molecule has 5 nitrogen and oxygen atoms in total. The Kier molecular flexibility index (Phi) is 5.74. The molecule has 2 N–H and O–H groups in total. The second-order valence-corrected chi connectivity index (χ2v) is 4.11. The number of ether oxygens (including phenoxy) is 1. The molecule has 0 fully saturated rings. The lowest BCUT2D eigenvalue weighted by Gasteiger charge is -2.08. The number of rotatable bonds is 2. The molecule has 0 heterocycles. The van der Waals surface area contributed by atoms with E-state index >= 15 is 0 Å². The van der Waals surface area contributed by atoms with Crippen molar-refractivity contribution in [1.82, 2.24) is 10.9 Å². The van der Waals surface area contributed by atoms with Gasteiger partial charge in [0.2, 0.25) is 0 Å². The Morgan fingerprint density at radius 2 is 2.11 bits per heavy atom. The number of amides is 1. The number of aliphatic imine (C=N–C) groups is 1. The average Bonchev–Trinajstić information content (AvgIpc) is 2.31. The van der Waals surface area contributed by atoms with Crippen molar-refractivity contribution in [3.05, 3.63) is 28.2 Å². The fourth-order valence-corrected chi connectivity index (χ4v) is 1.54. The largest absolute Gasteiger partial charge is 0.449 e. The normalized spacial score (nSPS) is 11.0. The summed E-state index contributed by atoms with van der Waals surface area (Å²) in [5.41, 5.74) is 5.47. The maximum absolute atomic E-state index is 11.0. The molecule has 18 heavy (non-hydrogen) atoms. The summed E-state index contributed by atoms with van der Waals surface area (Å²) in [6.07, 6.45) is -0.575. The van der Waals surface area contributed by atoms with Gasteiger partial charge in [0.1, 0.15) is 5.84 Å². The summed E-state index contributed by atoms with van der Waals surface area (Å²) in [6, 6.07) is 4.95. The SMILES string of the molecule is CCOC(=O)NNC(C)=Nc1ccc(Cl)cc1Cl. The molecule has 1 aromatic carbocycles. The molecule has 98 valence electrons. The highest BCUT2D eigenvalue weighted by molar-refractivity contribution is 6.36. The summed E-state index contributed by atoms with van der Waals surface area (Å²) in [6.45, 7) is 3.69. The third-order valence-corrected chi connectivity index (χ3v) is 2.36. The zero-order valence-corrected chi connectivity index (χ0v) is 11.5. The zero-order valence-electron chi connectivity index (χ0n) is 9.96. The lowest BCUT2D eigenvalue weighted by Crippen LogP contribution is -2.40. The topological polar surface area (TPSA) is 62.7 Å². The number of nitrogens with zero attached hydrogens (tertiary/aromatic N) is 1. The molecule has 0 saturated heterocycles. The zero-order chi connectivity index (χ0) is 13.5. The van der Waals surface area contributed by atoms with Crippen molar-refractivity contribution in [1.29, 1.82) is 0 Å². The van der Waals surface area contributed by atoms with Gasteiger partial charge in [-0.25, -0.2) is 15.2 Å². The van der Waals surface area contributed by atoms with E-state index in [2.05, 4.69) is 20.6 Å². The van der Waals surface area contributed by atoms with Crippen molar-refractivity contribution >= 4 is 40.8 Å². The quantitative estimate of drug-likeness (QED) is 0.499. The van der Waals surface area contributed by atoms with Gasteiger partial charge in [0, 0.05) is 5.02 Å². The van der Waals surface area contributed by atoms with E-state index in [1.807, 2.05) is 0 Å². The number of nitrogens with one attached hydrogen (secondary N) is 2. The number of halogens is 2. The van der Waals surface area contributed by atoms with Crippen molar-refractivity contribution in [2.45, 2.75) is 13.8 Å². The van der Waals surface area contributed by atoms with Crippen LogP contribution in [-0.4, -0.2) is 18.5 Å². The Labute approximate surface area is 115 Å². The van der Waals surface area contributed by atoms with Crippen molar-refractivity contribution in [2.24, 2.45) is 4.99 Å². The Morgan fingerprint density at radius 1 is 1.39 bits per heavy atom. The summed E-state index contributed by atoms with van der Waals surface area (Å²) < 4.78 is 4.67. The van der Waals surface area contributed by atoms with Gasteiger partial charge in [0.15, 0.2) is 0 Å². The predicted octanol–water partition coefficient (Wildman–Crippen LogP) is 3.29. The van der Waals surface area contributed by atoms with E-state index in [0.717, 1.165) is 0 Å². The first kappa shape index (κ1) is 14.6. The second-order valence-electron chi connectivity index (χ2n) is 3.26. The van der Waals surface area contributed by atoms with Crippen LogP contribution in [0.25, 0.3) is 0 Å². The van der Waals surface area contributed by atoms with Gasteiger partial charge in [-0.1, -0.05) is 23.2 Å². The van der Waals surface area contributed by atoms with Crippen molar-refractivity contribution in [3.8, 4) is 0 Å². The first-order chi connectivity index (χ1) is 8.52. The summed E-state index contributed by atoms with van der Waals surface area (Å²) in [5.74, 6) is 0.465. The standard InChI is InChI=1S/C11H13Cl2N3O2/c1-3-18-11(17)16-15-7(2)14-10-5-4-8(12)6-9(10)13/h4-6H,3H2,1-2H3,(H,14,15)(H,16,17).